The fourth-order valence-electron chi connectivity index (χ4n) is 3.21. The molecular weight excluding hydrogens is 248 g/mol. The van der Waals surface area contributed by atoms with Crippen LogP contribution in [-0.2, 0) is 6.54 Å². The summed E-state index contributed by atoms with van der Waals surface area (Å²) in [5.41, 5.74) is 1.85. The van der Waals surface area contributed by atoms with Gasteiger partial charge in [-0.2, -0.15) is 0 Å². The van der Waals surface area contributed by atoms with E-state index in [2.05, 4.69) is 41.4 Å². The van der Waals surface area contributed by atoms with E-state index in [0.29, 0.717) is 5.41 Å². The van der Waals surface area contributed by atoms with Crippen molar-refractivity contribution >= 4 is 0 Å². The number of nitrogens with one attached hydrogen (secondary N) is 1. The molecule has 0 bridgehead atoms. The monoisotopic (exact) mass is 274 g/mol. The van der Waals surface area contributed by atoms with Crippen LogP contribution < -0.4 is 10.1 Å². The molecule has 1 N–H and O–H groups in total. The Morgan fingerprint density at radius 3 is 2.60 bits per heavy atom. The molecular formula is C17H26N2O. The van der Waals surface area contributed by atoms with E-state index in [4.69, 9.17) is 4.74 Å². The summed E-state index contributed by atoms with van der Waals surface area (Å²) in [5.74, 6) is 0.943. The maximum absolute atomic E-state index is 5.24. The van der Waals surface area contributed by atoms with E-state index in [0.717, 1.165) is 18.3 Å². The normalized spacial score (nSPS) is 26.1. The van der Waals surface area contributed by atoms with Crippen LogP contribution in [0.25, 0.3) is 0 Å². The number of benzene rings is 1. The van der Waals surface area contributed by atoms with Crippen LogP contribution in [0.3, 0.4) is 0 Å². The van der Waals surface area contributed by atoms with Gasteiger partial charge in [0.2, 0.25) is 0 Å². The van der Waals surface area contributed by atoms with E-state index in [-0.39, 0.29) is 0 Å². The van der Waals surface area contributed by atoms with Gasteiger partial charge in [0.25, 0.3) is 0 Å². The van der Waals surface area contributed by atoms with Crippen molar-refractivity contribution in [1.82, 2.24) is 10.2 Å². The predicted molar refractivity (Wildman–Crippen MR) is 82.0 cm³/mol. The average Bonchev–Trinajstić information content (AvgIpc) is 3.22. The van der Waals surface area contributed by atoms with Crippen LogP contribution in [0, 0.1) is 5.41 Å². The molecule has 110 valence electrons. The first-order valence-electron chi connectivity index (χ1n) is 7.76. The van der Waals surface area contributed by atoms with Crippen molar-refractivity contribution in [2.45, 2.75) is 38.8 Å². The lowest BCUT2D eigenvalue weighted by molar-refractivity contribution is 0.162. The van der Waals surface area contributed by atoms with Gasteiger partial charge >= 0.3 is 0 Å². The third-order valence-electron chi connectivity index (χ3n) is 4.65. The second-order valence-corrected chi connectivity index (χ2v) is 6.72. The highest BCUT2D eigenvalue weighted by Crippen LogP contribution is 2.34. The van der Waals surface area contributed by atoms with Gasteiger partial charge in [-0.15, -0.1) is 0 Å². The van der Waals surface area contributed by atoms with Gasteiger partial charge in [-0.05, 0) is 48.9 Å². The molecule has 1 atom stereocenters. The highest BCUT2D eigenvalue weighted by Gasteiger charge is 2.36. The minimum absolute atomic E-state index is 0.453. The molecule has 1 unspecified atom stereocenters. The minimum atomic E-state index is 0.453. The Balaban J connectivity index is 1.64. The number of hydrogen-bond donors (Lipinski definition) is 1. The van der Waals surface area contributed by atoms with Crippen LogP contribution in [0.5, 0.6) is 5.75 Å². The molecule has 1 heterocycles. The zero-order valence-corrected chi connectivity index (χ0v) is 12.7. The summed E-state index contributed by atoms with van der Waals surface area (Å²) in [6, 6.07) is 9.35. The van der Waals surface area contributed by atoms with Crippen molar-refractivity contribution in [3.8, 4) is 5.75 Å². The summed E-state index contributed by atoms with van der Waals surface area (Å²) in [6.07, 6.45) is 4.05. The number of hydrogen-bond acceptors (Lipinski definition) is 3. The van der Waals surface area contributed by atoms with E-state index < -0.39 is 0 Å². The van der Waals surface area contributed by atoms with Crippen molar-refractivity contribution in [3.63, 3.8) is 0 Å². The zero-order chi connectivity index (χ0) is 14.0. The van der Waals surface area contributed by atoms with E-state index in [9.17, 15) is 0 Å². The first-order valence-corrected chi connectivity index (χ1v) is 7.76. The van der Waals surface area contributed by atoms with Gasteiger partial charge in [0.05, 0.1) is 7.11 Å². The maximum atomic E-state index is 5.24. The summed E-state index contributed by atoms with van der Waals surface area (Å²) >= 11 is 0. The summed E-state index contributed by atoms with van der Waals surface area (Å²) in [7, 11) is 1.72. The van der Waals surface area contributed by atoms with Gasteiger partial charge in [0.15, 0.2) is 0 Å². The molecule has 0 spiro atoms. The summed E-state index contributed by atoms with van der Waals surface area (Å²) in [5, 5.41) is 3.51. The number of ether oxygens (including phenoxy) is 1. The number of rotatable bonds is 6. The Hall–Kier alpha value is -1.06. The van der Waals surface area contributed by atoms with E-state index in [1.165, 1.54) is 44.5 Å². The van der Waals surface area contributed by atoms with Crippen molar-refractivity contribution in [3.05, 3.63) is 29.8 Å². The Kier molecular flexibility index (Phi) is 3.99. The van der Waals surface area contributed by atoms with Crippen LogP contribution in [0.4, 0.5) is 0 Å². The molecule has 2 aliphatic rings. The van der Waals surface area contributed by atoms with Gasteiger partial charge in [0.1, 0.15) is 5.75 Å². The lowest BCUT2D eigenvalue weighted by Crippen LogP contribution is -2.38. The van der Waals surface area contributed by atoms with E-state index in [1.54, 1.807) is 7.11 Å². The van der Waals surface area contributed by atoms with Crippen LogP contribution in [-0.4, -0.2) is 37.7 Å². The smallest absolute Gasteiger partial charge is 0.118 e. The topological polar surface area (TPSA) is 24.5 Å². The average molecular weight is 274 g/mol. The molecule has 0 aromatic heterocycles. The van der Waals surface area contributed by atoms with Crippen molar-refractivity contribution in [2.24, 2.45) is 5.41 Å². The summed E-state index contributed by atoms with van der Waals surface area (Å²) in [6.45, 7) is 7.06. The lowest BCUT2D eigenvalue weighted by atomic mass is 9.89. The first-order chi connectivity index (χ1) is 9.68. The first kappa shape index (κ1) is 13.9. The Morgan fingerprint density at radius 2 is 2.05 bits per heavy atom. The van der Waals surface area contributed by atoms with E-state index >= 15 is 0 Å². The zero-order valence-electron chi connectivity index (χ0n) is 12.7. The third-order valence-corrected chi connectivity index (χ3v) is 4.65. The molecule has 1 saturated heterocycles. The highest BCUT2D eigenvalue weighted by atomic mass is 16.5. The van der Waals surface area contributed by atoms with Gasteiger partial charge in [0, 0.05) is 25.7 Å². The quantitative estimate of drug-likeness (QED) is 0.863. The van der Waals surface area contributed by atoms with E-state index in [1.807, 2.05) is 0 Å². The van der Waals surface area contributed by atoms with Gasteiger partial charge in [-0.3, -0.25) is 4.90 Å². The maximum Gasteiger partial charge on any atom is 0.118 e. The number of nitrogens with zero attached hydrogens (tertiary/aromatic N) is 1. The standard InChI is InChI=1S/C17H26N2O/c1-17(9-10-18-12-17)13-19(15-5-6-15)11-14-3-7-16(20-2)8-4-14/h3-4,7-8,15,18H,5-6,9-13H2,1-2H3. The lowest BCUT2D eigenvalue weighted by Gasteiger charge is -2.32. The molecule has 1 aromatic rings. The molecule has 0 radical (unpaired) electrons. The second-order valence-electron chi connectivity index (χ2n) is 6.72. The SMILES string of the molecule is COc1ccc(CN(CC2(C)CCNC2)C2CC2)cc1. The van der Waals surface area contributed by atoms with Crippen molar-refractivity contribution in [2.75, 3.05) is 26.7 Å². The molecule has 1 aliphatic heterocycles. The van der Waals surface area contributed by atoms with Crippen molar-refractivity contribution in [1.29, 1.82) is 0 Å². The van der Waals surface area contributed by atoms with Gasteiger partial charge in [-0.25, -0.2) is 0 Å². The molecule has 20 heavy (non-hydrogen) atoms. The second kappa shape index (κ2) is 5.74. The Bertz CT molecular complexity index is 433. The molecule has 0 amide bonds. The Labute approximate surface area is 122 Å². The van der Waals surface area contributed by atoms with Crippen LogP contribution in [0.15, 0.2) is 24.3 Å². The van der Waals surface area contributed by atoms with Gasteiger partial charge in [-0.1, -0.05) is 19.1 Å². The van der Waals surface area contributed by atoms with Gasteiger partial charge < -0.3 is 10.1 Å². The van der Waals surface area contributed by atoms with Crippen LogP contribution in [0.1, 0.15) is 31.7 Å². The van der Waals surface area contributed by atoms with Crippen LogP contribution in [0.2, 0.25) is 0 Å². The molecule has 1 aromatic carbocycles. The molecule has 1 aliphatic carbocycles. The molecule has 3 rings (SSSR count). The highest BCUT2D eigenvalue weighted by molar-refractivity contribution is 5.27. The fraction of sp³-hybridized carbons (Fsp3) is 0.647. The largest absolute Gasteiger partial charge is 0.497 e. The summed E-state index contributed by atoms with van der Waals surface area (Å²) < 4.78 is 5.24. The Morgan fingerprint density at radius 1 is 1.30 bits per heavy atom. The summed E-state index contributed by atoms with van der Waals surface area (Å²) in [4.78, 5) is 2.69. The fourth-order valence-corrected chi connectivity index (χ4v) is 3.21. The predicted octanol–water partition coefficient (Wildman–Crippen LogP) is 2.66. The number of methoxy groups -OCH3 is 1. The molecule has 3 heteroatoms. The molecule has 1 saturated carbocycles. The third kappa shape index (κ3) is 3.33. The molecule has 2 fully saturated rings. The molecule has 3 nitrogen and oxygen atoms in total. The van der Waals surface area contributed by atoms with Crippen molar-refractivity contribution < 1.29 is 4.74 Å². The minimum Gasteiger partial charge on any atom is -0.497 e. The van der Waals surface area contributed by atoms with Crippen LogP contribution >= 0.6 is 0 Å².